The minimum absolute atomic E-state index is 0.00838. The first-order chi connectivity index (χ1) is 8.36. The molecule has 7 heteroatoms. The van der Waals surface area contributed by atoms with Crippen molar-refractivity contribution in [2.45, 2.75) is 30.7 Å². The Kier molecular flexibility index (Phi) is 5.52. The number of halogens is 2. The number of nitrogens with one attached hydrogen (secondary N) is 1. The van der Waals surface area contributed by atoms with Gasteiger partial charge in [0.1, 0.15) is 5.82 Å². The lowest BCUT2D eigenvalue weighted by Crippen LogP contribution is -2.32. The fourth-order valence-electron chi connectivity index (χ4n) is 1.43. The van der Waals surface area contributed by atoms with Crippen molar-refractivity contribution in [3.63, 3.8) is 0 Å². The summed E-state index contributed by atoms with van der Waals surface area (Å²) in [5.74, 6) is -0.663. The molecule has 0 aromatic heterocycles. The van der Waals surface area contributed by atoms with Crippen molar-refractivity contribution in [1.29, 1.82) is 0 Å². The topological polar surface area (TPSA) is 66.4 Å². The van der Waals surface area contributed by atoms with Crippen molar-refractivity contribution in [1.82, 2.24) is 4.72 Å². The number of benzene rings is 1. The van der Waals surface area contributed by atoms with E-state index in [9.17, 15) is 12.8 Å². The van der Waals surface area contributed by atoms with Crippen LogP contribution in [0.15, 0.2) is 23.1 Å². The van der Waals surface area contributed by atoms with E-state index in [1.807, 2.05) is 0 Å². The highest BCUT2D eigenvalue weighted by Crippen LogP contribution is 2.19. The van der Waals surface area contributed by atoms with Gasteiger partial charge in [0.15, 0.2) is 0 Å². The summed E-state index contributed by atoms with van der Waals surface area (Å²) in [4.78, 5) is -0.0789. The van der Waals surface area contributed by atoms with Crippen molar-refractivity contribution >= 4 is 21.6 Å². The Morgan fingerprint density at radius 1 is 1.50 bits per heavy atom. The molecule has 1 aromatic carbocycles. The Hall–Kier alpha value is -0.690. The molecule has 1 rings (SSSR count). The van der Waals surface area contributed by atoms with Gasteiger partial charge in [-0.05, 0) is 38.0 Å². The van der Waals surface area contributed by atoms with Gasteiger partial charge in [-0.3, -0.25) is 0 Å². The summed E-state index contributed by atoms with van der Waals surface area (Å²) in [5, 5.41) is 8.43. The van der Waals surface area contributed by atoms with E-state index >= 15 is 0 Å². The molecule has 18 heavy (non-hydrogen) atoms. The van der Waals surface area contributed by atoms with Crippen LogP contribution in [0.3, 0.4) is 0 Å². The molecule has 0 radical (unpaired) electrons. The molecule has 1 aromatic rings. The van der Waals surface area contributed by atoms with Gasteiger partial charge in [0.05, 0.1) is 9.92 Å². The molecule has 0 heterocycles. The van der Waals surface area contributed by atoms with Gasteiger partial charge in [-0.25, -0.2) is 17.5 Å². The number of hydrogen-bond donors (Lipinski definition) is 2. The molecule has 0 aliphatic carbocycles. The Morgan fingerprint density at radius 3 is 2.72 bits per heavy atom. The molecule has 102 valence electrons. The van der Waals surface area contributed by atoms with E-state index in [1.54, 1.807) is 6.92 Å². The normalized spacial score (nSPS) is 13.6. The largest absolute Gasteiger partial charge is 0.396 e. The van der Waals surface area contributed by atoms with Crippen molar-refractivity contribution in [2.24, 2.45) is 0 Å². The molecule has 0 aliphatic heterocycles. The standard InChI is InChI=1S/C11H15ClFNO3S/c1-8(3-2-6-15)14-18(16,17)9-4-5-11(13)10(12)7-9/h4-5,7-8,14-15H,2-3,6H2,1H3. The average molecular weight is 296 g/mol. The quantitative estimate of drug-likeness (QED) is 0.842. The van der Waals surface area contributed by atoms with Crippen LogP contribution in [0.1, 0.15) is 19.8 Å². The predicted octanol–water partition coefficient (Wildman–Crippen LogP) is 1.92. The lowest BCUT2D eigenvalue weighted by molar-refractivity contribution is 0.279. The molecular formula is C11H15ClFNO3S. The van der Waals surface area contributed by atoms with Crippen LogP contribution in [-0.4, -0.2) is 26.2 Å². The maximum Gasteiger partial charge on any atom is 0.240 e. The number of aliphatic hydroxyl groups excluding tert-OH is 1. The average Bonchev–Trinajstić information content (AvgIpc) is 2.29. The highest BCUT2D eigenvalue weighted by atomic mass is 35.5. The zero-order valence-corrected chi connectivity index (χ0v) is 11.4. The van der Waals surface area contributed by atoms with Crippen LogP contribution in [0.25, 0.3) is 0 Å². The van der Waals surface area contributed by atoms with Gasteiger partial charge < -0.3 is 5.11 Å². The third-order valence-corrected chi connectivity index (χ3v) is 4.23. The number of hydrogen-bond acceptors (Lipinski definition) is 3. The molecule has 1 unspecified atom stereocenters. The van der Waals surface area contributed by atoms with E-state index in [1.165, 1.54) is 0 Å². The van der Waals surface area contributed by atoms with Gasteiger partial charge in [0, 0.05) is 12.6 Å². The molecule has 1 atom stereocenters. The van der Waals surface area contributed by atoms with Crippen LogP contribution in [0, 0.1) is 5.82 Å². The second-order valence-electron chi connectivity index (χ2n) is 3.96. The van der Waals surface area contributed by atoms with E-state index in [0.29, 0.717) is 12.8 Å². The molecule has 4 nitrogen and oxygen atoms in total. The van der Waals surface area contributed by atoms with Crippen molar-refractivity contribution in [2.75, 3.05) is 6.61 Å². The fourth-order valence-corrected chi connectivity index (χ4v) is 2.98. The highest BCUT2D eigenvalue weighted by Gasteiger charge is 2.18. The molecule has 0 bridgehead atoms. The third-order valence-electron chi connectivity index (χ3n) is 2.35. The van der Waals surface area contributed by atoms with Crippen molar-refractivity contribution in [3.8, 4) is 0 Å². The van der Waals surface area contributed by atoms with Gasteiger partial charge in [0.2, 0.25) is 10.0 Å². The minimum atomic E-state index is -3.71. The summed E-state index contributed by atoms with van der Waals surface area (Å²) in [7, 11) is -3.71. The number of aliphatic hydroxyl groups is 1. The molecule has 2 N–H and O–H groups in total. The Balaban J connectivity index is 2.83. The maximum absolute atomic E-state index is 12.9. The predicted molar refractivity (Wildman–Crippen MR) is 67.5 cm³/mol. The second kappa shape index (κ2) is 6.47. The monoisotopic (exact) mass is 295 g/mol. The van der Waals surface area contributed by atoms with E-state index < -0.39 is 15.8 Å². The summed E-state index contributed by atoms with van der Waals surface area (Å²) in [5.41, 5.74) is 0. The van der Waals surface area contributed by atoms with Crippen molar-refractivity contribution < 1.29 is 17.9 Å². The van der Waals surface area contributed by atoms with Crippen LogP contribution in [0.4, 0.5) is 4.39 Å². The molecule has 0 amide bonds. The lowest BCUT2D eigenvalue weighted by Gasteiger charge is -2.13. The van der Waals surface area contributed by atoms with E-state index in [0.717, 1.165) is 18.2 Å². The molecule has 0 aliphatic rings. The first-order valence-electron chi connectivity index (χ1n) is 5.45. The van der Waals surface area contributed by atoms with E-state index in [2.05, 4.69) is 4.72 Å². The summed E-state index contributed by atoms with van der Waals surface area (Å²) < 4.78 is 39.2. The summed E-state index contributed by atoms with van der Waals surface area (Å²) >= 11 is 5.54. The Bertz CT molecular complexity index is 507. The van der Waals surface area contributed by atoms with Crippen molar-refractivity contribution in [3.05, 3.63) is 29.0 Å². The van der Waals surface area contributed by atoms with Gasteiger partial charge >= 0.3 is 0 Å². The van der Waals surface area contributed by atoms with Crippen LogP contribution in [0.2, 0.25) is 5.02 Å². The minimum Gasteiger partial charge on any atom is -0.396 e. The molecular weight excluding hydrogens is 281 g/mol. The summed E-state index contributed by atoms with van der Waals surface area (Å²) in [6, 6.07) is 2.92. The van der Waals surface area contributed by atoms with Gasteiger partial charge in [0.25, 0.3) is 0 Å². The smallest absolute Gasteiger partial charge is 0.240 e. The number of rotatable bonds is 6. The first kappa shape index (κ1) is 15.4. The van der Waals surface area contributed by atoms with Crippen LogP contribution < -0.4 is 4.72 Å². The molecule has 0 saturated carbocycles. The van der Waals surface area contributed by atoms with E-state index in [-0.39, 0.29) is 22.6 Å². The van der Waals surface area contributed by atoms with Gasteiger partial charge in [-0.1, -0.05) is 11.6 Å². The van der Waals surface area contributed by atoms with Gasteiger partial charge in [-0.2, -0.15) is 0 Å². The van der Waals surface area contributed by atoms with Gasteiger partial charge in [-0.15, -0.1) is 0 Å². The van der Waals surface area contributed by atoms with E-state index in [4.69, 9.17) is 16.7 Å². The Labute approximate surface area is 111 Å². The highest BCUT2D eigenvalue weighted by molar-refractivity contribution is 7.89. The molecule has 0 fully saturated rings. The number of sulfonamides is 1. The SMILES string of the molecule is CC(CCCO)NS(=O)(=O)c1ccc(F)c(Cl)c1. The fraction of sp³-hybridized carbons (Fsp3) is 0.455. The summed E-state index contributed by atoms with van der Waals surface area (Å²) in [6.07, 6.45) is 1.03. The van der Waals surface area contributed by atoms with Crippen LogP contribution in [-0.2, 0) is 10.0 Å². The molecule has 0 saturated heterocycles. The zero-order chi connectivity index (χ0) is 13.8. The third kappa shape index (κ3) is 4.20. The lowest BCUT2D eigenvalue weighted by atomic mass is 10.2. The van der Waals surface area contributed by atoms with Crippen LogP contribution >= 0.6 is 11.6 Å². The molecule has 0 spiro atoms. The Morgan fingerprint density at radius 2 is 2.17 bits per heavy atom. The summed E-state index contributed by atoms with van der Waals surface area (Å²) in [6.45, 7) is 1.70. The van der Waals surface area contributed by atoms with Crippen LogP contribution in [0.5, 0.6) is 0 Å². The maximum atomic E-state index is 12.9. The second-order valence-corrected chi connectivity index (χ2v) is 6.09. The first-order valence-corrected chi connectivity index (χ1v) is 7.31. The zero-order valence-electron chi connectivity index (χ0n) is 9.86.